The van der Waals surface area contributed by atoms with Crippen LogP contribution in [0.3, 0.4) is 0 Å². The summed E-state index contributed by atoms with van der Waals surface area (Å²) in [5.41, 5.74) is 0. The van der Waals surface area contributed by atoms with Gasteiger partial charge in [-0.1, -0.05) is 13.8 Å². The predicted octanol–water partition coefficient (Wildman–Crippen LogP) is 0.530. The monoisotopic (exact) mass is 393 g/mol. The number of hydrogen-bond acceptors (Lipinski definition) is 4. The number of hydrogen-bond donors (Lipinski definition) is 3. The van der Waals surface area contributed by atoms with E-state index in [1.165, 1.54) is 0 Å². The molecule has 0 bridgehead atoms. The summed E-state index contributed by atoms with van der Waals surface area (Å²) in [7, 11) is 0. The van der Waals surface area contributed by atoms with Gasteiger partial charge in [0.05, 0.1) is 6.04 Å². The van der Waals surface area contributed by atoms with Crippen molar-refractivity contribution < 1.29 is 14.4 Å². The summed E-state index contributed by atoms with van der Waals surface area (Å²) in [6, 6.07) is -0.338. The number of urea groups is 1. The van der Waals surface area contributed by atoms with Gasteiger partial charge in [0, 0.05) is 44.2 Å². The molecular formula is C20H35N5O3. The van der Waals surface area contributed by atoms with Crippen LogP contribution in [0, 0.1) is 11.8 Å². The lowest BCUT2D eigenvalue weighted by molar-refractivity contribution is -0.144. The maximum Gasteiger partial charge on any atom is 0.315 e. The van der Waals surface area contributed by atoms with Gasteiger partial charge in [0.1, 0.15) is 6.04 Å². The standard InChI is InChI=1S/C20H35N5O3/c1-12(2)9-24-11-16-7-15(23-20(28)22-13(3)4)10-25(16)19(27)17(24)8-21-18(26)14-5-6-14/h12-17H,5-11H2,1-4H3,(H,21,26)(H2,22,23,28)/t15-,16-,17-/m0/s1. The van der Waals surface area contributed by atoms with Gasteiger partial charge in [-0.3, -0.25) is 14.5 Å². The van der Waals surface area contributed by atoms with Crippen LogP contribution < -0.4 is 16.0 Å². The molecular weight excluding hydrogens is 358 g/mol. The number of nitrogens with zero attached hydrogens (tertiary/aromatic N) is 2. The Morgan fingerprint density at radius 1 is 1.14 bits per heavy atom. The molecule has 0 spiro atoms. The molecule has 158 valence electrons. The van der Waals surface area contributed by atoms with Crippen LogP contribution in [0.5, 0.6) is 0 Å². The summed E-state index contributed by atoms with van der Waals surface area (Å²) in [6.45, 7) is 10.7. The molecule has 1 saturated carbocycles. The lowest BCUT2D eigenvalue weighted by Crippen LogP contribution is -2.63. The quantitative estimate of drug-likeness (QED) is 0.588. The van der Waals surface area contributed by atoms with Crippen molar-refractivity contribution in [1.29, 1.82) is 0 Å². The first-order valence-corrected chi connectivity index (χ1v) is 10.6. The zero-order chi connectivity index (χ0) is 20.4. The van der Waals surface area contributed by atoms with Gasteiger partial charge in [-0.05, 0) is 39.0 Å². The number of piperazine rings is 1. The van der Waals surface area contributed by atoms with Crippen molar-refractivity contribution in [3.05, 3.63) is 0 Å². The van der Waals surface area contributed by atoms with E-state index in [4.69, 9.17) is 0 Å². The van der Waals surface area contributed by atoms with Gasteiger partial charge < -0.3 is 20.9 Å². The van der Waals surface area contributed by atoms with Crippen LogP contribution in [0.1, 0.15) is 47.0 Å². The van der Waals surface area contributed by atoms with E-state index in [1.54, 1.807) is 0 Å². The molecule has 3 rings (SSSR count). The van der Waals surface area contributed by atoms with E-state index >= 15 is 0 Å². The SMILES string of the molecule is CC(C)CN1C[C@@H]2C[C@H](NC(=O)NC(C)C)CN2C(=O)[C@@H]1CNC(=O)C1CC1. The van der Waals surface area contributed by atoms with Crippen molar-refractivity contribution in [3.63, 3.8) is 0 Å². The Labute approximate surface area is 167 Å². The summed E-state index contributed by atoms with van der Waals surface area (Å²) in [5, 5.41) is 8.83. The number of amides is 4. The van der Waals surface area contributed by atoms with Gasteiger partial charge >= 0.3 is 6.03 Å². The van der Waals surface area contributed by atoms with Crippen molar-refractivity contribution in [2.45, 2.75) is 71.1 Å². The molecule has 1 aliphatic carbocycles. The van der Waals surface area contributed by atoms with Gasteiger partial charge in [0.2, 0.25) is 11.8 Å². The Morgan fingerprint density at radius 2 is 1.86 bits per heavy atom. The van der Waals surface area contributed by atoms with Crippen LogP contribution in [-0.2, 0) is 9.59 Å². The fourth-order valence-corrected chi connectivity index (χ4v) is 4.27. The van der Waals surface area contributed by atoms with Crippen LogP contribution in [0.4, 0.5) is 4.79 Å². The van der Waals surface area contributed by atoms with Crippen LogP contribution in [0.2, 0.25) is 0 Å². The number of carbonyl (C=O) groups is 3. The highest BCUT2D eigenvalue weighted by atomic mass is 16.2. The molecule has 28 heavy (non-hydrogen) atoms. The number of nitrogens with one attached hydrogen (secondary N) is 3. The molecule has 4 amide bonds. The number of carbonyl (C=O) groups excluding carboxylic acids is 3. The number of fused-ring (bicyclic) bond motifs is 1. The number of rotatable bonds is 7. The highest BCUT2D eigenvalue weighted by Crippen LogP contribution is 2.29. The molecule has 3 atom stereocenters. The highest BCUT2D eigenvalue weighted by molar-refractivity contribution is 5.86. The molecule has 0 aromatic carbocycles. The lowest BCUT2D eigenvalue weighted by Gasteiger charge is -2.43. The third-order valence-corrected chi connectivity index (χ3v) is 5.64. The van der Waals surface area contributed by atoms with Crippen molar-refractivity contribution in [1.82, 2.24) is 25.8 Å². The topological polar surface area (TPSA) is 93.8 Å². The molecule has 8 nitrogen and oxygen atoms in total. The second-order valence-corrected chi connectivity index (χ2v) is 9.23. The first-order chi connectivity index (χ1) is 13.2. The highest BCUT2D eigenvalue weighted by Gasteiger charge is 2.46. The Kier molecular flexibility index (Phi) is 6.47. The molecule has 2 aliphatic heterocycles. The summed E-state index contributed by atoms with van der Waals surface area (Å²) >= 11 is 0. The Balaban J connectivity index is 1.62. The molecule has 3 fully saturated rings. The molecule has 8 heteroatoms. The van der Waals surface area contributed by atoms with Crippen molar-refractivity contribution >= 4 is 17.8 Å². The first-order valence-electron chi connectivity index (χ1n) is 10.6. The third-order valence-electron chi connectivity index (χ3n) is 5.64. The molecule has 2 heterocycles. The fraction of sp³-hybridized carbons (Fsp3) is 0.850. The second-order valence-electron chi connectivity index (χ2n) is 9.23. The maximum absolute atomic E-state index is 13.2. The molecule has 0 aromatic heterocycles. The van der Waals surface area contributed by atoms with E-state index in [0.717, 1.165) is 32.4 Å². The van der Waals surface area contributed by atoms with E-state index in [9.17, 15) is 14.4 Å². The van der Waals surface area contributed by atoms with E-state index < -0.39 is 0 Å². The summed E-state index contributed by atoms with van der Waals surface area (Å²) in [6.07, 6.45) is 2.69. The second kappa shape index (κ2) is 8.68. The Bertz CT molecular complexity index is 605. The van der Waals surface area contributed by atoms with Crippen molar-refractivity contribution in [2.75, 3.05) is 26.2 Å². The van der Waals surface area contributed by atoms with Crippen molar-refractivity contribution in [3.8, 4) is 0 Å². The average molecular weight is 394 g/mol. The van der Waals surface area contributed by atoms with Crippen molar-refractivity contribution in [2.24, 2.45) is 11.8 Å². The normalized spacial score (nSPS) is 27.9. The summed E-state index contributed by atoms with van der Waals surface area (Å²) < 4.78 is 0. The molecule has 3 aliphatic rings. The van der Waals surface area contributed by atoms with E-state index in [1.807, 2.05) is 18.7 Å². The van der Waals surface area contributed by atoms with Crippen LogP contribution in [0.25, 0.3) is 0 Å². The van der Waals surface area contributed by atoms with E-state index in [0.29, 0.717) is 19.0 Å². The molecule has 0 unspecified atom stereocenters. The average Bonchev–Trinajstić information content (AvgIpc) is 3.35. The minimum Gasteiger partial charge on any atom is -0.354 e. The third kappa shape index (κ3) is 5.16. The van der Waals surface area contributed by atoms with Crippen LogP contribution in [-0.4, -0.2) is 78.0 Å². The zero-order valence-electron chi connectivity index (χ0n) is 17.5. The smallest absolute Gasteiger partial charge is 0.315 e. The molecule has 2 saturated heterocycles. The van der Waals surface area contributed by atoms with Gasteiger partial charge in [-0.2, -0.15) is 0 Å². The van der Waals surface area contributed by atoms with Crippen LogP contribution >= 0.6 is 0 Å². The predicted molar refractivity (Wildman–Crippen MR) is 107 cm³/mol. The largest absolute Gasteiger partial charge is 0.354 e. The van der Waals surface area contributed by atoms with Gasteiger partial charge in [0.15, 0.2) is 0 Å². The van der Waals surface area contributed by atoms with Gasteiger partial charge in [0.25, 0.3) is 0 Å². The Hall–Kier alpha value is -1.83. The minimum absolute atomic E-state index is 0.0339. The lowest BCUT2D eigenvalue weighted by atomic mass is 10.0. The molecule has 3 N–H and O–H groups in total. The van der Waals surface area contributed by atoms with E-state index in [2.05, 4.69) is 34.7 Å². The van der Waals surface area contributed by atoms with E-state index in [-0.39, 0.29) is 47.9 Å². The fourth-order valence-electron chi connectivity index (χ4n) is 4.27. The summed E-state index contributed by atoms with van der Waals surface area (Å²) in [5.74, 6) is 0.727. The molecule has 0 aromatic rings. The Morgan fingerprint density at radius 3 is 2.46 bits per heavy atom. The summed E-state index contributed by atoms with van der Waals surface area (Å²) in [4.78, 5) is 41.4. The minimum atomic E-state index is -0.315. The van der Waals surface area contributed by atoms with Gasteiger partial charge in [-0.15, -0.1) is 0 Å². The first kappa shape index (κ1) is 20.9. The zero-order valence-corrected chi connectivity index (χ0v) is 17.5. The van der Waals surface area contributed by atoms with Crippen LogP contribution in [0.15, 0.2) is 0 Å². The maximum atomic E-state index is 13.2. The molecule has 0 radical (unpaired) electrons. The van der Waals surface area contributed by atoms with Gasteiger partial charge in [-0.25, -0.2) is 4.79 Å².